The fraction of sp³-hybridized carbons (Fsp3) is 0.444. The van der Waals surface area contributed by atoms with E-state index in [9.17, 15) is 14.0 Å². The maximum atomic E-state index is 13.0. The normalized spacial score (nSPS) is 11.8. The van der Waals surface area contributed by atoms with E-state index in [2.05, 4.69) is 14.6 Å². The second kappa shape index (κ2) is 9.17. The molecule has 0 bridgehead atoms. The number of hydrogen-bond donors (Lipinski definition) is 1. The lowest BCUT2D eigenvalue weighted by atomic mass is 10.1. The number of H-pyrrole nitrogens is 1. The standard InChI is InChI=1S/C11H13FN2.C7H12O3/c1-14(2)7-8-6-13-11-4-3-9(12)5-10(8)11;1-4-10-7(9)5(2)6(3)8/h3-6,13H,7H2,1-2H3;5H,4H2,1-3H3. The molecule has 1 heterocycles. The number of ether oxygens (including phenoxy) is 1. The molecule has 1 N–H and O–H groups in total. The maximum Gasteiger partial charge on any atom is 0.316 e. The lowest BCUT2D eigenvalue weighted by molar-refractivity contribution is -0.150. The molecule has 0 saturated heterocycles. The van der Waals surface area contributed by atoms with Gasteiger partial charge in [0.15, 0.2) is 0 Å². The van der Waals surface area contributed by atoms with Gasteiger partial charge >= 0.3 is 5.97 Å². The molecule has 5 nitrogen and oxygen atoms in total. The van der Waals surface area contributed by atoms with Crippen LogP contribution in [0.25, 0.3) is 10.9 Å². The van der Waals surface area contributed by atoms with Crippen LogP contribution in [-0.2, 0) is 20.9 Å². The average Bonchev–Trinajstić information content (AvgIpc) is 2.89. The van der Waals surface area contributed by atoms with Crippen LogP contribution in [0, 0.1) is 11.7 Å². The van der Waals surface area contributed by atoms with Crippen molar-refractivity contribution in [2.45, 2.75) is 27.3 Å². The molecule has 0 aliphatic rings. The summed E-state index contributed by atoms with van der Waals surface area (Å²) >= 11 is 0. The topological polar surface area (TPSA) is 62.4 Å². The summed E-state index contributed by atoms with van der Waals surface area (Å²) in [5.41, 5.74) is 2.12. The molecule has 1 aromatic carbocycles. The largest absolute Gasteiger partial charge is 0.465 e. The number of nitrogens with one attached hydrogen (secondary N) is 1. The predicted molar refractivity (Wildman–Crippen MR) is 92.1 cm³/mol. The van der Waals surface area contributed by atoms with Crippen LogP contribution < -0.4 is 0 Å². The predicted octanol–water partition coefficient (Wildman–Crippen LogP) is 3.14. The van der Waals surface area contributed by atoms with Crippen LogP contribution >= 0.6 is 0 Å². The molecule has 6 heteroatoms. The van der Waals surface area contributed by atoms with Crippen molar-refractivity contribution in [1.82, 2.24) is 9.88 Å². The van der Waals surface area contributed by atoms with E-state index in [0.29, 0.717) is 6.61 Å². The molecule has 1 unspecified atom stereocenters. The van der Waals surface area contributed by atoms with E-state index in [-0.39, 0.29) is 11.6 Å². The Balaban J connectivity index is 0.000000257. The molecule has 0 saturated carbocycles. The van der Waals surface area contributed by atoms with Crippen molar-refractivity contribution < 1.29 is 18.7 Å². The van der Waals surface area contributed by atoms with Gasteiger partial charge in [0.05, 0.1) is 6.61 Å². The first-order valence-electron chi connectivity index (χ1n) is 7.83. The SMILES string of the molecule is CCOC(=O)C(C)C(C)=O.CN(C)Cc1c[nH]c2ccc(F)cc12. The number of hydrogen-bond acceptors (Lipinski definition) is 4. The third kappa shape index (κ3) is 5.77. The van der Waals surface area contributed by atoms with Gasteiger partial charge in [-0.2, -0.15) is 0 Å². The van der Waals surface area contributed by atoms with Crippen molar-refractivity contribution in [3.8, 4) is 0 Å². The van der Waals surface area contributed by atoms with Crippen LogP contribution in [0.2, 0.25) is 0 Å². The van der Waals surface area contributed by atoms with Crippen molar-refractivity contribution in [1.29, 1.82) is 0 Å². The van der Waals surface area contributed by atoms with Crippen molar-refractivity contribution in [2.24, 2.45) is 5.92 Å². The van der Waals surface area contributed by atoms with Gasteiger partial charge in [-0.15, -0.1) is 0 Å². The molecule has 0 fully saturated rings. The summed E-state index contributed by atoms with van der Waals surface area (Å²) in [5, 5.41) is 0.971. The molecule has 2 rings (SSSR count). The fourth-order valence-corrected chi connectivity index (χ4v) is 2.06. The highest BCUT2D eigenvalue weighted by atomic mass is 19.1. The van der Waals surface area contributed by atoms with Gasteiger partial charge in [0.1, 0.15) is 17.5 Å². The summed E-state index contributed by atoms with van der Waals surface area (Å²) in [7, 11) is 4.00. The molecule has 1 atom stereocenters. The quantitative estimate of drug-likeness (QED) is 0.673. The molecule has 0 aliphatic heterocycles. The lowest BCUT2D eigenvalue weighted by Crippen LogP contribution is -2.20. The van der Waals surface area contributed by atoms with E-state index < -0.39 is 11.9 Å². The number of rotatable bonds is 5. The smallest absolute Gasteiger partial charge is 0.316 e. The molecule has 0 spiro atoms. The van der Waals surface area contributed by atoms with Crippen LogP contribution in [0.3, 0.4) is 0 Å². The Hall–Kier alpha value is -2.21. The van der Waals surface area contributed by atoms with Gasteiger partial charge < -0.3 is 14.6 Å². The third-order valence-electron chi connectivity index (χ3n) is 3.47. The number of aromatic amines is 1. The zero-order valence-electron chi connectivity index (χ0n) is 14.9. The number of ketones is 1. The van der Waals surface area contributed by atoms with Gasteiger partial charge in [-0.1, -0.05) is 0 Å². The summed E-state index contributed by atoms with van der Waals surface area (Å²) in [6.07, 6.45) is 1.93. The number of fused-ring (bicyclic) bond motifs is 1. The zero-order valence-corrected chi connectivity index (χ0v) is 14.9. The van der Waals surface area contributed by atoms with Gasteiger partial charge in [-0.25, -0.2) is 4.39 Å². The van der Waals surface area contributed by atoms with Crippen molar-refractivity contribution in [3.05, 3.63) is 35.8 Å². The van der Waals surface area contributed by atoms with Crippen LogP contribution in [0.5, 0.6) is 0 Å². The highest BCUT2D eigenvalue weighted by molar-refractivity contribution is 5.97. The number of carbonyl (C=O) groups excluding carboxylic acids is 2. The molecular formula is C18H25FN2O3. The van der Waals surface area contributed by atoms with Gasteiger partial charge in [0, 0.05) is 23.6 Å². The Morgan fingerprint density at radius 1 is 1.33 bits per heavy atom. The van der Waals surface area contributed by atoms with Gasteiger partial charge in [-0.05, 0) is 58.6 Å². The molecular weight excluding hydrogens is 311 g/mol. The molecule has 0 aliphatic carbocycles. The summed E-state index contributed by atoms with van der Waals surface area (Å²) in [6, 6.07) is 4.81. The summed E-state index contributed by atoms with van der Waals surface area (Å²) in [6.45, 7) is 5.78. The lowest BCUT2D eigenvalue weighted by Gasteiger charge is -2.07. The molecule has 24 heavy (non-hydrogen) atoms. The molecule has 1 aromatic heterocycles. The Morgan fingerprint density at radius 3 is 2.54 bits per heavy atom. The van der Waals surface area contributed by atoms with Crippen LogP contribution in [0.15, 0.2) is 24.4 Å². The number of benzene rings is 1. The molecule has 132 valence electrons. The highest BCUT2D eigenvalue weighted by Crippen LogP contribution is 2.19. The summed E-state index contributed by atoms with van der Waals surface area (Å²) in [5.74, 6) is -1.38. The van der Waals surface area contributed by atoms with Gasteiger partial charge in [0.25, 0.3) is 0 Å². The van der Waals surface area contributed by atoms with E-state index in [1.807, 2.05) is 20.3 Å². The Bertz CT molecular complexity index is 695. The van der Waals surface area contributed by atoms with E-state index in [0.717, 1.165) is 23.0 Å². The Labute approximate surface area is 141 Å². The minimum absolute atomic E-state index is 0.154. The van der Waals surface area contributed by atoms with E-state index in [1.165, 1.54) is 13.0 Å². The van der Waals surface area contributed by atoms with E-state index in [4.69, 9.17) is 0 Å². The highest BCUT2D eigenvalue weighted by Gasteiger charge is 2.17. The number of aromatic nitrogens is 1. The number of halogens is 1. The van der Waals surface area contributed by atoms with E-state index in [1.54, 1.807) is 26.0 Å². The first-order chi connectivity index (χ1) is 11.3. The summed E-state index contributed by atoms with van der Waals surface area (Å²) in [4.78, 5) is 26.5. The van der Waals surface area contributed by atoms with Crippen LogP contribution in [-0.4, -0.2) is 42.3 Å². The molecule has 0 amide bonds. The van der Waals surface area contributed by atoms with Crippen molar-refractivity contribution in [3.63, 3.8) is 0 Å². The number of Topliss-reactive ketones (excluding diaryl/α,β-unsaturated/α-hetero) is 1. The molecule has 2 aromatic rings. The first kappa shape index (κ1) is 19.8. The van der Waals surface area contributed by atoms with Crippen molar-refractivity contribution in [2.75, 3.05) is 20.7 Å². The Morgan fingerprint density at radius 2 is 2.00 bits per heavy atom. The van der Waals surface area contributed by atoms with E-state index >= 15 is 0 Å². The summed E-state index contributed by atoms with van der Waals surface area (Å²) < 4.78 is 17.6. The van der Waals surface area contributed by atoms with Gasteiger partial charge in [-0.3, -0.25) is 9.59 Å². The minimum Gasteiger partial charge on any atom is -0.465 e. The van der Waals surface area contributed by atoms with Crippen LogP contribution in [0.1, 0.15) is 26.3 Å². The monoisotopic (exact) mass is 336 g/mol. The Kier molecular flexibility index (Phi) is 7.58. The number of esters is 1. The average molecular weight is 336 g/mol. The second-order valence-corrected chi connectivity index (χ2v) is 5.83. The maximum absolute atomic E-state index is 13.0. The van der Waals surface area contributed by atoms with Gasteiger partial charge in [0.2, 0.25) is 0 Å². The number of carbonyl (C=O) groups is 2. The second-order valence-electron chi connectivity index (χ2n) is 5.83. The zero-order chi connectivity index (χ0) is 18.3. The third-order valence-corrected chi connectivity index (χ3v) is 3.47. The first-order valence-corrected chi connectivity index (χ1v) is 7.83. The fourth-order valence-electron chi connectivity index (χ4n) is 2.06. The minimum atomic E-state index is -0.611. The molecule has 0 radical (unpaired) electrons. The van der Waals surface area contributed by atoms with Crippen molar-refractivity contribution >= 4 is 22.7 Å². The van der Waals surface area contributed by atoms with Crippen LogP contribution in [0.4, 0.5) is 4.39 Å². The number of nitrogens with zero attached hydrogens (tertiary/aromatic N) is 1.